The van der Waals surface area contributed by atoms with Crippen molar-refractivity contribution in [2.45, 2.75) is 38.6 Å². The molecule has 0 bridgehead atoms. The van der Waals surface area contributed by atoms with Crippen LogP contribution in [0, 0.1) is 0 Å². The van der Waals surface area contributed by atoms with Crippen LogP contribution in [0.3, 0.4) is 0 Å². The second-order valence-corrected chi connectivity index (χ2v) is 6.37. The van der Waals surface area contributed by atoms with E-state index in [0.29, 0.717) is 13.0 Å². The summed E-state index contributed by atoms with van der Waals surface area (Å²) in [5.74, 6) is -0.121. The summed E-state index contributed by atoms with van der Waals surface area (Å²) in [6.45, 7) is 6.54. The van der Waals surface area contributed by atoms with Gasteiger partial charge in [0.05, 0.1) is 18.6 Å². The summed E-state index contributed by atoms with van der Waals surface area (Å²) in [7, 11) is 0. The van der Waals surface area contributed by atoms with Gasteiger partial charge in [-0.1, -0.05) is 28.1 Å². The molecule has 110 valence electrons. The fourth-order valence-electron chi connectivity index (χ4n) is 2.91. The second-order valence-electron chi connectivity index (χ2n) is 5.46. The number of ether oxygens (including phenoxy) is 1. The lowest BCUT2D eigenvalue weighted by Crippen LogP contribution is -2.44. The van der Waals surface area contributed by atoms with Crippen LogP contribution in [-0.2, 0) is 15.1 Å². The molecule has 1 saturated heterocycles. The highest BCUT2D eigenvalue weighted by atomic mass is 79.9. The molecule has 1 aromatic carbocycles. The van der Waals surface area contributed by atoms with Crippen molar-refractivity contribution in [2.24, 2.45) is 0 Å². The van der Waals surface area contributed by atoms with Gasteiger partial charge in [0.2, 0.25) is 0 Å². The third-order valence-electron chi connectivity index (χ3n) is 4.06. The Morgan fingerprint density at radius 2 is 1.90 bits per heavy atom. The summed E-state index contributed by atoms with van der Waals surface area (Å²) in [6.07, 6.45) is 2.81. The molecule has 1 fully saturated rings. The van der Waals surface area contributed by atoms with Crippen molar-refractivity contribution < 1.29 is 9.53 Å². The average Bonchev–Trinajstić information content (AvgIpc) is 2.94. The number of hydrogen-bond acceptors (Lipinski definition) is 3. The van der Waals surface area contributed by atoms with E-state index in [9.17, 15) is 4.79 Å². The molecular weight excluding hydrogens is 318 g/mol. The van der Waals surface area contributed by atoms with Gasteiger partial charge in [-0.2, -0.15) is 0 Å². The molecule has 0 aromatic heterocycles. The lowest BCUT2D eigenvalue weighted by Gasteiger charge is -2.38. The predicted molar refractivity (Wildman–Crippen MR) is 83.6 cm³/mol. The first-order chi connectivity index (χ1) is 9.56. The Kier molecular flexibility index (Phi) is 5.22. The molecule has 1 atom stereocenters. The number of likely N-dealkylation sites (tertiary alicyclic amines) is 1. The van der Waals surface area contributed by atoms with E-state index in [1.54, 1.807) is 0 Å². The van der Waals surface area contributed by atoms with Gasteiger partial charge >= 0.3 is 5.97 Å². The number of benzene rings is 1. The van der Waals surface area contributed by atoms with Crippen LogP contribution in [-0.4, -0.2) is 30.6 Å². The number of carbonyl (C=O) groups is 1. The summed E-state index contributed by atoms with van der Waals surface area (Å²) in [5.41, 5.74) is 0.902. The van der Waals surface area contributed by atoms with E-state index in [1.165, 1.54) is 18.4 Å². The van der Waals surface area contributed by atoms with Crippen molar-refractivity contribution in [1.82, 2.24) is 4.90 Å². The predicted octanol–water partition coefficient (Wildman–Crippen LogP) is 3.71. The highest BCUT2D eigenvalue weighted by molar-refractivity contribution is 9.10. The number of esters is 1. The molecule has 1 aliphatic rings. The highest BCUT2D eigenvalue weighted by Crippen LogP contribution is 2.35. The Morgan fingerprint density at radius 1 is 1.30 bits per heavy atom. The van der Waals surface area contributed by atoms with E-state index in [1.807, 2.05) is 19.1 Å². The average molecular weight is 340 g/mol. The van der Waals surface area contributed by atoms with Gasteiger partial charge in [0.1, 0.15) is 0 Å². The van der Waals surface area contributed by atoms with Crippen molar-refractivity contribution in [3.63, 3.8) is 0 Å². The lowest BCUT2D eigenvalue weighted by atomic mass is 9.87. The molecule has 0 spiro atoms. The molecule has 0 N–H and O–H groups in total. The summed E-state index contributed by atoms with van der Waals surface area (Å²) in [4.78, 5) is 14.4. The standard InChI is InChI=1S/C16H22BrNO2/c1-3-20-15(19)12-16(2,18-10-4-5-11-18)13-6-8-14(17)9-7-13/h6-9H,3-5,10-12H2,1-2H3. The largest absolute Gasteiger partial charge is 0.466 e. The van der Waals surface area contributed by atoms with Crippen LogP contribution in [0.4, 0.5) is 0 Å². The van der Waals surface area contributed by atoms with Gasteiger partial charge in [-0.25, -0.2) is 0 Å². The van der Waals surface area contributed by atoms with Crippen LogP contribution < -0.4 is 0 Å². The van der Waals surface area contributed by atoms with Crippen LogP contribution in [0.25, 0.3) is 0 Å². The Labute approximate surface area is 129 Å². The van der Waals surface area contributed by atoms with E-state index >= 15 is 0 Å². The summed E-state index contributed by atoms with van der Waals surface area (Å²) in [6, 6.07) is 8.27. The van der Waals surface area contributed by atoms with Gasteiger partial charge in [-0.05, 0) is 57.5 Å². The Balaban J connectivity index is 2.27. The summed E-state index contributed by atoms with van der Waals surface area (Å²) < 4.78 is 6.22. The van der Waals surface area contributed by atoms with E-state index in [-0.39, 0.29) is 11.5 Å². The van der Waals surface area contributed by atoms with Gasteiger partial charge in [0.25, 0.3) is 0 Å². The van der Waals surface area contributed by atoms with Gasteiger partial charge in [-0.15, -0.1) is 0 Å². The van der Waals surface area contributed by atoms with E-state index in [2.05, 4.69) is 39.9 Å². The van der Waals surface area contributed by atoms with E-state index in [4.69, 9.17) is 4.74 Å². The first-order valence-corrected chi connectivity index (χ1v) is 8.02. The summed E-state index contributed by atoms with van der Waals surface area (Å²) >= 11 is 3.47. The minimum atomic E-state index is -0.274. The van der Waals surface area contributed by atoms with Crippen molar-refractivity contribution >= 4 is 21.9 Å². The fraction of sp³-hybridized carbons (Fsp3) is 0.562. The molecule has 2 rings (SSSR count). The van der Waals surface area contributed by atoms with Gasteiger partial charge in [0.15, 0.2) is 0 Å². The number of halogens is 1. The smallest absolute Gasteiger partial charge is 0.307 e. The molecule has 3 nitrogen and oxygen atoms in total. The highest BCUT2D eigenvalue weighted by Gasteiger charge is 2.37. The van der Waals surface area contributed by atoms with E-state index in [0.717, 1.165) is 17.6 Å². The van der Waals surface area contributed by atoms with Crippen LogP contribution >= 0.6 is 15.9 Å². The molecule has 1 aromatic rings. The lowest BCUT2D eigenvalue weighted by molar-refractivity contribution is -0.146. The van der Waals surface area contributed by atoms with Crippen molar-refractivity contribution in [3.8, 4) is 0 Å². The minimum absolute atomic E-state index is 0.121. The Bertz CT molecular complexity index is 454. The first kappa shape index (κ1) is 15.5. The molecule has 4 heteroatoms. The number of carbonyl (C=O) groups excluding carboxylic acids is 1. The van der Waals surface area contributed by atoms with Gasteiger partial charge < -0.3 is 4.74 Å². The third kappa shape index (κ3) is 3.41. The zero-order chi connectivity index (χ0) is 14.6. The van der Waals surface area contributed by atoms with Crippen LogP contribution in [0.5, 0.6) is 0 Å². The van der Waals surface area contributed by atoms with Crippen LogP contribution in [0.2, 0.25) is 0 Å². The zero-order valence-corrected chi connectivity index (χ0v) is 13.8. The maximum Gasteiger partial charge on any atom is 0.307 e. The molecule has 0 aliphatic carbocycles. The maximum absolute atomic E-state index is 12.0. The van der Waals surface area contributed by atoms with Crippen molar-refractivity contribution in [3.05, 3.63) is 34.3 Å². The Hall–Kier alpha value is -0.870. The maximum atomic E-state index is 12.0. The zero-order valence-electron chi connectivity index (χ0n) is 12.2. The molecule has 0 saturated carbocycles. The quantitative estimate of drug-likeness (QED) is 0.766. The monoisotopic (exact) mass is 339 g/mol. The molecule has 1 aliphatic heterocycles. The molecule has 1 unspecified atom stereocenters. The number of nitrogens with zero attached hydrogens (tertiary/aromatic N) is 1. The third-order valence-corrected chi connectivity index (χ3v) is 4.59. The van der Waals surface area contributed by atoms with E-state index < -0.39 is 0 Å². The first-order valence-electron chi connectivity index (χ1n) is 7.23. The molecule has 0 amide bonds. The van der Waals surface area contributed by atoms with Crippen molar-refractivity contribution in [1.29, 1.82) is 0 Å². The summed E-state index contributed by atoms with van der Waals surface area (Å²) in [5, 5.41) is 0. The molecule has 1 heterocycles. The normalized spacial score (nSPS) is 18.8. The minimum Gasteiger partial charge on any atom is -0.466 e. The number of rotatable bonds is 5. The molecular formula is C16H22BrNO2. The van der Waals surface area contributed by atoms with Gasteiger partial charge in [-0.3, -0.25) is 9.69 Å². The second kappa shape index (κ2) is 6.72. The van der Waals surface area contributed by atoms with Crippen molar-refractivity contribution in [2.75, 3.05) is 19.7 Å². The van der Waals surface area contributed by atoms with Crippen LogP contribution in [0.1, 0.15) is 38.7 Å². The molecule has 0 radical (unpaired) electrons. The van der Waals surface area contributed by atoms with Gasteiger partial charge in [0, 0.05) is 4.47 Å². The fourth-order valence-corrected chi connectivity index (χ4v) is 3.17. The molecule has 20 heavy (non-hydrogen) atoms. The van der Waals surface area contributed by atoms with Crippen LogP contribution in [0.15, 0.2) is 28.7 Å². The number of hydrogen-bond donors (Lipinski definition) is 0. The topological polar surface area (TPSA) is 29.5 Å². The SMILES string of the molecule is CCOC(=O)CC(C)(c1ccc(Br)cc1)N1CCCC1. The Morgan fingerprint density at radius 3 is 2.45 bits per heavy atom.